The van der Waals surface area contributed by atoms with Gasteiger partial charge in [0.05, 0.1) is 11.2 Å². The highest BCUT2D eigenvalue weighted by Crippen LogP contribution is 2.48. The first-order chi connectivity index (χ1) is 16.8. The lowest BCUT2D eigenvalue weighted by Gasteiger charge is -2.20. The monoisotopic (exact) mass is 458 g/mol. The number of thioether (sulfide) groups is 1. The van der Waals surface area contributed by atoms with Gasteiger partial charge in [0.1, 0.15) is 5.75 Å². The Balaban J connectivity index is 1.50. The molecule has 3 nitrogen and oxygen atoms in total. The molecule has 0 amide bonds. The van der Waals surface area contributed by atoms with Crippen LogP contribution in [-0.4, -0.2) is 10.7 Å². The van der Waals surface area contributed by atoms with Crippen LogP contribution in [0.3, 0.4) is 0 Å². The molecule has 2 heterocycles. The third-order valence-corrected chi connectivity index (χ3v) is 7.20. The Hall–Kier alpha value is -3.89. The van der Waals surface area contributed by atoms with Crippen LogP contribution in [0.4, 0.5) is 5.69 Å². The van der Waals surface area contributed by atoms with Crippen LogP contribution in [0.5, 0.6) is 11.6 Å². The van der Waals surface area contributed by atoms with Crippen LogP contribution in [0.1, 0.15) is 22.8 Å². The van der Waals surface area contributed by atoms with E-state index in [0.29, 0.717) is 5.88 Å². The summed E-state index contributed by atoms with van der Waals surface area (Å²) in [6, 6.07) is 39.1. The number of hydrogen-bond donors (Lipinski definition) is 0. The van der Waals surface area contributed by atoms with Gasteiger partial charge in [-0.3, -0.25) is 4.99 Å². The largest absolute Gasteiger partial charge is 0.439 e. The molecular weight excluding hydrogens is 436 g/mol. The van der Waals surface area contributed by atoms with Crippen LogP contribution in [-0.2, 0) is 0 Å². The third kappa shape index (κ3) is 4.20. The molecule has 0 spiro atoms. The van der Waals surface area contributed by atoms with Gasteiger partial charge in [0, 0.05) is 33.2 Å². The minimum Gasteiger partial charge on any atom is -0.439 e. The van der Waals surface area contributed by atoms with Gasteiger partial charge >= 0.3 is 0 Å². The quantitative estimate of drug-likeness (QED) is 0.271. The summed E-state index contributed by atoms with van der Waals surface area (Å²) < 4.78 is 6.38. The van der Waals surface area contributed by atoms with Crippen molar-refractivity contribution in [3.63, 3.8) is 0 Å². The number of ether oxygens (including phenoxy) is 1. The number of fused-ring (bicyclic) bond motifs is 2. The van der Waals surface area contributed by atoms with E-state index in [-0.39, 0.29) is 5.25 Å². The molecule has 164 valence electrons. The Bertz CT molecular complexity index is 1480. The predicted molar refractivity (Wildman–Crippen MR) is 141 cm³/mol. The first-order valence-corrected chi connectivity index (χ1v) is 12.2. The van der Waals surface area contributed by atoms with Crippen molar-refractivity contribution in [1.29, 1.82) is 0 Å². The molecule has 0 N–H and O–H groups in total. The van der Waals surface area contributed by atoms with Crippen LogP contribution in [0, 0.1) is 0 Å². The molecule has 4 aromatic carbocycles. The second-order valence-corrected chi connectivity index (χ2v) is 9.44. The summed E-state index contributed by atoms with van der Waals surface area (Å²) in [4.78, 5) is 11.2. The lowest BCUT2D eigenvalue weighted by atomic mass is 10.0. The smallest absolute Gasteiger partial charge is 0.224 e. The first-order valence-electron chi connectivity index (χ1n) is 11.3. The third-order valence-electron chi connectivity index (χ3n) is 5.90. The Morgan fingerprint density at radius 3 is 2.29 bits per heavy atom. The zero-order valence-corrected chi connectivity index (χ0v) is 19.3. The van der Waals surface area contributed by atoms with Gasteiger partial charge in [0.2, 0.25) is 5.88 Å². The number of benzene rings is 4. The van der Waals surface area contributed by atoms with Gasteiger partial charge in [-0.05, 0) is 42.0 Å². The van der Waals surface area contributed by atoms with E-state index in [4.69, 9.17) is 14.7 Å². The molecular formula is C30H22N2OS. The maximum Gasteiger partial charge on any atom is 0.224 e. The van der Waals surface area contributed by atoms with E-state index in [9.17, 15) is 0 Å². The Labute approximate surface area is 203 Å². The van der Waals surface area contributed by atoms with Crippen molar-refractivity contribution in [2.75, 3.05) is 0 Å². The molecule has 1 aliphatic rings. The normalized spacial score (nSPS) is 15.3. The molecule has 1 aliphatic heterocycles. The maximum atomic E-state index is 6.38. The molecule has 0 aliphatic carbocycles. The van der Waals surface area contributed by atoms with Gasteiger partial charge in [-0.1, -0.05) is 78.9 Å². The van der Waals surface area contributed by atoms with Gasteiger partial charge in [-0.25, -0.2) is 4.98 Å². The molecule has 0 fully saturated rings. The topological polar surface area (TPSA) is 34.5 Å². The number of aliphatic imine (C=N–C) groups is 1. The van der Waals surface area contributed by atoms with Crippen molar-refractivity contribution < 1.29 is 4.74 Å². The SMILES string of the molecule is c1ccc(Oc2nc3ccccc3cc2C2CC(c3ccccc3)=Nc3ccccc3S2)cc1. The summed E-state index contributed by atoms with van der Waals surface area (Å²) in [5, 5.41) is 1.20. The van der Waals surface area contributed by atoms with Gasteiger partial charge in [0.15, 0.2) is 0 Å². The summed E-state index contributed by atoms with van der Waals surface area (Å²) >= 11 is 1.83. The second-order valence-electron chi connectivity index (χ2n) is 8.19. The van der Waals surface area contributed by atoms with Crippen molar-refractivity contribution in [2.24, 2.45) is 4.99 Å². The van der Waals surface area contributed by atoms with Crippen molar-refractivity contribution in [3.8, 4) is 11.6 Å². The second kappa shape index (κ2) is 9.16. The van der Waals surface area contributed by atoms with Crippen LogP contribution >= 0.6 is 11.8 Å². The lowest BCUT2D eigenvalue weighted by molar-refractivity contribution is 0.458. The van der Waals surface area contributed by atoms with Crippen molar-refractivity contribution >= 4 is 34.1 Å². The summed E-state index contributed by atoms with van der Waals surface area (Å²) in [5.74, 6) is 1.43. The van der Waals surface area contributed by atoms with E-state index >= 15 is 0 Å². The molecule has 1 unspecified atom stereocenters. The fraction of sp³-hybridized carbons (Fsp3) is 0.0667. The van der Waals surface area contributed by atoms with Crippen LogP contribution < -0.4 is 4.74 Å². The van der Waals surface area contributed by atoms with E-state index in [1.807, 2.05) is 66.4 Å². The molecule has 4 heteroatoms. The summed E-state index contributed by atoms with van der Waals surface area (Å²) in [6.07, 6.45) is 0.772. The van der Waals surface area contributed by atoms with Crippen LogP contribution in [0.15, 0.2) is 125 Å². The van der Waals surface area contributed by atoms with E-state index < -0.39 is 0 Å². The average molecular weight is 459 g/mol. The number of hydrogen-bond acceptors (Lipinski definition) is 4. The molecule has 1 aromatic heterocycles. The van der Waals surface area contributed by atoms with E-state index in [2.05, 4.69) is 60.7 Å². The highest BCUT2D eigenvalue weighted by Gasteiger charge is 2.26. The molecule has 34 heavy (non-hydrogen) atoms. The zero-order chi connectivity index (χ0) is 22.7. The Morgan fingerprint density at radius 2 is 1.44 bits per heavy atom. The van der Waals surface area contributed by atoms with Crippen molar-refractivity contribution in [2.45, 2.75) is 16.6 Å². The fourth-order valence-corrected chi connectivity index (χ4v) is 5.46. The standard InChI is InChI=1S/C30H22N2OS/c1-3-11-21(12-4-1)27-20-29(34-28-18-10-9-17-26(28)31-27)24-19-22-13-7-8-16-25(22)32-30(24)33-23-14-5-2-6-15-23/h1-19,29H,20H2. The highest BCUT2D eigenvalue weighted by atomic mass is 32.2. The zero-order valence-electron chi connectivity index (χ0n) is 18.5. The minimum absolute atomic E-state index is 0.0958. The van der Waals surface area contributed by atoms with Gasteiger partial charge in [-0.2, -0.15) is 0 Å². The summed E-state index contributed by atoms with van der Waals surface area (Å²) in [5.41, 5.74) is 5.22. The lowest BCUT2D eigenvalue weighted by Crippen LogP contribution is -2.07. The van der Waals surface area contributed by atoms with Crippen molar-refractivity contribution in [1.82, 2.24) is 4.98 Å². The number of aromatic nitrogens is 1. The number of nitrogens with zero attached hydrogens (tertiary/aromatic N) is 2. The van der Waals surface area contributed by atoms with Gasteiger partial charge in [-0.15, -0.1) is 11.8 Å². The molecule has 0 bridgehead atoms. The van der Waals surface area contributed by atoms with Crippen molar-refractivity contribution in [3.05, 3.63) is 126 Å². The first kappa shape index (κ1) is 20.7. The molecule has 0 radical (unpaired) electrons. The summed E-state index contributed by atoms with van der Waals surface area (Å²) in [7, 11) is 0. The Morgan fingerprint density at radius 1 is 0.735 bits per heavy atom. The predicted octanol–water partition coefficient (Wildman–Crippen LogP) is 8.39. The van der Waals surface area contributed by atoms with E-state index in [1.54, 1.807) is 0 Å². The van der Waals surface area contributed by atoms with Gasteiger partial charge < -0.3 is 4.74 Å². The molecule has 6 rings (SSSR count). The number of rotatable bonds is 4. The van der Waals surface area contributed by atoms with E-state index in [1.165, 1.54) is 0 Å². The van der Waals surface area contributed by atoms with Crippen LogP contribution in [0.2, 0.25) is 0 Å². The number of para-hydroxylation sites is 3. The fourth-order valence-electron chi connectivity index (χ4n) is 4.22. The van der Waals surface area contributed by atoms with Gasteiger partial charge in [0.25, 0.3) is 0 Å². The maximum absolute atomic E-state index is 6.38. The molecule has 1 atom stereocenters. The average Bonchev–Trinajstić information content (AvgIpc) is 3.09. The molecule has 5 aromatic rings. The molecule has 0 saturated heterocycles. The number of pyridine rings is 1. The highest BCUT2D eigenvalue weighted by molar-refractivity contribution is 7.99. The molecule has 0 saturated carbocycles. The summed E-state index contributed by atoms with van der Waals surface area (Å²) in [6.45, 7) is 0. The van der Waals surface area contributed by atoms with E-state index in [0.717, 1.165) is 50.5 Å². The van der Waals surface area contributed by atoms with Crippen LogP contribution in [0.25, 0.3) is 10.9 Å². The minimum atomic E-state index is 0.0958. The Kier molecular flexibility index (Phi) is 5.58.